The van der Waals surface area contributed by atoms with E-state index in [2.05, 4.69) is 33.8 Å². The van der Waals surface area contributed by atoms with Crippen LogP contribution < -0.4 is 0 Å². The molecule has 18 heavy (non-hydrogen) atoms. The summed E-state index contributed by atoms with van der Waals surface area (Å²) >= 11 is 3.10. The van der Waals surface area contributed by atoms with Crippen LogP contribution in [0.2, 0.25) is 0 Å². The summed E-state index contributed by atoms with van der Waals surface area (Å²) in [5.74, 6) is -0.708. The Bertz CT molecular complexity index is 310. The van der Waals surface area contributed by atoms with Crippen molar-refractivity contribution in [2.45, 2.75) is 13.0 Å². The fourth-order valence-corrected chi connectivity index (χ4v) is 0.816. The van der Waals surface area contributed by atoms with Crippen LogP contribution in [0.1, 0.15) is 6.92 Å². The van der Waals surface area contributed by atoms with Gasteiger partial charge >= 0.3 is 11.9 Å². The third-order valence-electron chi connectivity index (χ3n) is 1.64. The lowest BCUT2D eigenvalue weighted by atomic mass is 10.4. The average Bonchev–Trinajstić information content (AvgIpc) is 3.17. The number of hydrogen-bond donors (Lipinski definition) is 0. The smallest absolute Gasteiger partial charge is 0.333 e. The number of epoxide rings is 1. The van der Waals surface area contributed by atoms with Gasteiger partial charge in [0, 0.05) is 17.0 Å². The van der Waals surface area contributed by atoms with Gasteiger partial charge in [-0.2, -0.15) is 0 Å². The van der Waals surface area contributed by atoms with Crippen molar-refractivity contribution in [3.05, 3.63) is 24.8 Å². The lowest BCUT2D eigenvalue weighted by Gasteiger charge is -1.99. The summed E-state index contributed by atoms with van der Waals surface area (Å²) in [6.45, 7) is 9.77. The maximum atomic E-state index is 10.7. The molecule has 0 N–H and O–H groups in total. The Balaban J connectivity index is 0.000000331. The van der Waals surface area contributed by atoms with Crippen molar-refractivity contribution in [2.24, 2.45) is 0 Å². The quantitative estimate of drug-likeness (QED) is 0.322. The van der Waals surface area contributed by atoms with Crippen LogP contribution in [0.25, 0.3) is 0 Å². The van der Waals surface area contributed by atoms with Gasteiger partial charge in [-0.05, 0) is 6.92 Å². The van der Waals surface area contributed by atoms with E-state index in [4.69, 9.17) is 9.47 Å². The maximum Gasteiger partial charge on any atom is 0.333 e. The Morgan fingerprint density at radius 1 is 1.50 bits per heavy atom. The molecule has 1 atom stereocenters. The second-order valence-corrected chi connectivity index (χ2v) is 4.19. The van der Waals surface area contributed by atoms with E-state index in [1.54, 1.807) is 6.92 Å². The standard InChI is InChI=1S/C7H10O3.C5H7BrO2/c1-5(2)7(8)10-4-6-3-9-6;1-2-5(7)8-4-3-6/h6H,1,3-4H2,2H3;2H,1,3-4H2. The first kappa shape index (κ1) is 16.9. The van der Waals surface area contributed by atoms with Gasteiger partial charge in [-0.15, -0.1) is 0 Å². The van der Waals surface area contributed by atoms with E-state index in [0.717, 1.165) is 6.08 Å². The number of rotatable bonds is 6. The van der Waals surface area contributed by atoms with Crippen LogP contribution in [0.4, 0.5) is 0 Å². The van der Waals surface area contributed by atoms with Crippen molar-refractivity contribution in [3.8, 4) is 0 Å². The molecule has 6 heteroatoms. The van der Waals surface area contributed by atoms with E-state index >= 15 is 0 Å². The summed E-state index contributed by atoms with van der Waals surface area (Å²) in [6, 6.07) is 0. The monoisotopic (exact) mass is 320 g/mol. The summed E-state index contributed by atoms with van der Waals surface area (Å²) in [5, 5.41) is 0.673. The first-order valence-electron chi connectivity index (χ1n) is 5.30. The van der Waals surface area contributed by atoms with Crippen LogP contribution in [-0.4, -0.2) is 43.2 Å². The third-order valence-corrected chi connectivity index (χ3v) is 1.96. The van der Waals surface area contributed by atoms with Gasteiger partial charge in [0.05, 0.1) is 6.61 Å². The van der Waals surface area contributed by atoms with Crippen molar-refractivity contribution in [1.29, 1.82) is 0 Å². The van der Waals surface area contributed by atoms with Crippen LogP contribution in [0.3, 0.4) is 0 Å². The molecule has 1 rings (SSSR count). The van der Waals surface area contributed by atoms with Gasteiger partial charge in [-0.1, -0.05) is 29.1 Å². The third kappa shape index (κ3) is 10.0. The molecule has 0 aromatic carbocycles. The van der Waals surface area contributed by atoms with Gasteiger partial charge in [0.25, 0.3) is 0 Å². The molecule has 0 saturated carbocycles. The minimum atomic E-state index is -0.371. The van der Waals surface area contributed by atoms with Crippen LogP contribution in [0, 0.1) is 0 Å². The van der Waals surface area contributed by atoms with Gasteiger partial charge in [0.1, 0.15) is 19.3 Å². The van der Waals surface area contributed by atoms with Crippen LogP contribution in [-0.2, 0) is 23.8 Å². The van der Waals surface area contributed by atoms with Crippen LogP contribution in [0.15, 0.2) is 24.8 Å². The molecule has 5 nitrogen and oxygen atoms in total. The fourth-order valence-electron chi connectivity index (χ4n) is 0.654. The number of esters is 2. The van der Waals surface area contributed by atoms with E-state index in [-0.39, 0.29) is 18.0 Å². The second-order valence-electron chi connectivity index (χ2n) is 3.39. The normalized spacial score (nSPS) is 15.8. The lowest BCUT2D eigenvalue weighted by Crippen LogP contribution is -2.09. The molecule has 1 aliphatic heterocycles. The molecule has 0 bridgehead atoms. The van der Waals surface area contributed by atoms with E-state index in [0.29, 0.717) is 30.7 Å². The molecule has 0 radical (unpaired) electrons. The van der Waals surface area contributed by atoms with Crippen LogP contribution >= 0.6 is 15.9 Å². The molecule has 0 spiro atoms. The fraction of sp³-hybridized carbons (Fsp3) is 0.500. The summed E-state index contributed by atoms with van der Waals surface area (Å²) in [7, 11) is 0. The highest BCUT2D eigenvalue weighted by molar-refractivity contribution is 9.09. The molecular weight excluding hydrogens is 304 g/mol. The lowest BCUT2D eigenvalue weighted by molar-refractivity contribution is -0.139. The predicted molar refractivity (Wildman–Crippen MR) is 70.5 cm³/mol. The molecule has 0 aromatic rings. The first-order valence-corrected chi connectivity index (χ1v) is 6.42. The summed E-state index contributed by atoms with van der Waals surface area (Å²) < 4.78 is 14.1. The molecule has 0 aliphatic carbocycles. The van der Waals surface area contributed by atoms with Gasteiger partial charge in [0.2, 0.25) is 0 Å². The Morgan fingerprint density at radius 2 is 2.11 bits per heavy atom. The Morgan fingerprint density at radius 3 is 2.50 bits per heavy atom. The number of carbonyl (C=O) groups is 2. The van der Waals surface area contributed by atoms with Gasteiger partial charge in [-0.25, -0.2) is 9.59 Å². The molecule has 1 fully saturated rings. The van der Waals surface area contributed by atoms with Crippen molar-refractivity contribution in [3.63, 3.8) is 0 Å². The average molecular weight is 321 g/mol. The highest BCUT2D eigenvalue weighted by atomic mass is 79.9. The number of hydrogen-bond acceptors (Lipinski definition) is 5. The molecule has 0 amide bonds. The minimum absolute atomic E-state index is 0.142. The molecule has 1 saturated heterocycles. The number of ether oxygens (including phenoxy) is 3. The van der Waals surface area contributed by atoms with Gasteiger partial charge in [-0.3, -0.25) is 0 Å². The number of halogens is 1. The largest absolute Gasteiger partial charge is 0.462 e. The van der Waals surface area contributed by atoms with E-state index < -0.39 is 0 Å². The summed E-state index contributed by atoms with van der Waals surface area (Å²) in [4.78, 5) is 20.9. The van der Waals surface area contributed by atoms with E-state index in [1.807, 2.05) is 0 Å². The zero-order chi connectivity index (χ0) is 14.0. The molecule has 0 aromatic heterocycles. The van der Waals surface area contributed by atoms with Crippen molar-refractivity contribution >= 4 is 27.9 Å². The topological polar surface area (TPSA) is 65.1 Å². The minimum Gasteiger partial charge on any atom is -0.462 e. The van der Waals surface area contributed by atoms with E-state index in [1.165, 1.54) is 0 Å². The van der Waals surface area contributed by atoms with Gasteiger partial charge < -0.3 is 14.2 Å². The van der Waals surface area contributed by atoms with Gasteiger partial charge in [0.15, 0.2) is 0 Å². The SMILES string of the molecule is C=C(C)C(=O)OCC1CO1.C=CC(=O)OCCBr. The van der Waals surface area contributed by atoms with Crippen LogP contribution in [0.5, 0.6) is 0 Å². The Hall–Kier alpha value is -1.14. The number of alkyl halides is 1. The highest BCUT2D eigenvalue weighted by Crippen LogP contribution is 2.09. The molecule has 1 unspecified atom stereocenters. The molecular formula is C12H17BrO5. The first-order chi connectivity index (χ1) is 8.51. The zero-order valence-corrected chi connectivity index (χ0v) is 11.9. The van der Waals surface area contributed by atoms with Crippen molar-refractivity contribution in [2.75, 3.05) is 25.2 Å². The molecule has 1 aliphatic rings. The maximum absolute atomic E-state index is 10.7. The summed E-state index contributed by atoms with van der Waals surface area (Å²) in [6.07, 6.45) is 1.28. The zero-order valence-electron chi connectivity index (χ0n) is 10.3. The predicted octanol–water partition coefficient (Wildman–Crippen LogP) is 1.61. The molecule has 1 heterocycles. The van der Waals surface area contributed by atoms with Crippen molar-refractivity contribution in [1.82, 2.24) is 0 Å². The van der Waals surface area contributed by atoms with Crippen molar-refractivity contribution < 1.29 is 23.8 Å². The summed E-state index contributed by atoms with van der Waals surface area (Å²) in [5.41, 5.74) is 0.431. The second kappa shape index (κ2) is 9.85. The van der Waals surface area contributed by atoms with E-state index in [9.17, 15) is 9.59 Å². The molecule has 102 valence electrons. The number of carbonyl (C=O) groups excluding carboxylic acids is 2. The Labute approximate surface area is 115 Å². The Kier molecular flexibility index (Phi) is 9.22. The highest BCUT2D eigenvalue weighted by Gasteiger charge is 2.24.